The van der Waals surface area contributed by atoms with E-state index in [0.29, 0.717) is 37.3 Å². The average Bonchev–Trinajstić information content (AvgIpc) is 2.95. The molecular formula is C20H23FN2O4. The van der Waals surface area contributed by atoms with Crippen molar-refractivity contribution in [1.29, 1.82) is 0 Å². The van der Waals surface area contributed by atoms with Crippen LogP contribution >= 0.6 is 0 Å². The second-order valence-corrected chi connectivity index (χ2v) is 6.77. The maximum absolute atomic E-state index is 13.2. The summed E-state index contributed by atoms with van der Waals surface area (Å²) in [6.07, 6.45) is 1.24. The van der Waals surface area contributed by atoms with Crippen LogP contribution in [0, 0.1) is 19.7 Å². The highest BCUT2D eigenvalue weighted by molar-refractivity contribution is 5.97. The second kappa shape index (κ2) is 7.92. The number of carbonyl (C=O) groups excluding carboxylic acids is 1. The van der Waals surface area contributed by atoms with E-state index in [1.165, 1.54) is 17.0 Å². The lowest BCUT2D eigenvalue weighted by Gasteiger charge is -2.33. The van der Waals surface area contributed by atoms with E-state index in [2.05, 4.69) is 0 Å². The maximum atomic E-state index is 13.2. The molecule has 1 fully saturated rings. The van der Waals surface area contributed by atoms with Gasteiger partial charge in [-0.2, -0.15) is 0 Å². The first-order valence-electron chi connectivity index (χ1n) is 8.94. The van der Waals surface area contributed by atoms with Crippen molar-refractivity contribution in [3.63, 3.8) is 0 Å². The number of nitrogens with zero attached hydrogens (tertiary/aromatic N) is 2. The van der Waals surface area contributed by atoms with E-state index in [1.54, 1.807) is 18.2 Å². The molecule has 1 aromatic heterocycles. The zero-order valence-corrected chi connectivity index (χ0v) is 15.4. The van der Waals surface area contributed by atoms with Crippen LogP contribution in [0.4, 0.5) is 4.39 Å². The molecule has 0 spiro atoms. The summed E-state index contributed by atoms with van der Waals surface area (Å²) >= 11 is 0. The molecule has 1 N–H and O–H groups in total. The second-order valence-electron chi connectivity index (χ2n) is 6.77. The van der Waals surface area contributed by atoms with Crippen molar-refractivity contribution >= 4 is 11.9 Å². The van der Waals surface area contributed by atoms with Gasteiger partial charge in [0.25, 0.3) is 5.91 Å². The molecule has 7 heteroatoms. The van der Waals surface area contributed by atoms with Gasteiger partial charge in [0.2, 0.25) is 0 Å². The summed E-state index contributed by atoms with van der Waals surface area (Å²) in [6, 6.07) is 7.64. The van der Waals surface area contributed by atoms with Crippen LogP contribution < -0.4 is 0 Å². The van der Waals surface area contributed by atoms with Gasteiger partial charge in [0, 0.05) is 36.3 Å². The van der Waals surface area contributed by atoms with Crippen LogP contribution in [0.25, 0.3) is 5.69 Å². The van der Waals surface area contributed by atoms with Crippen LogP contribution in [0.3, 0.4) is 0 Å². The summed E-state index contributed by atoms with van der Waals surface area (Å²) in [5.41, 5.74) is 2.74. The SMILES string of the molecule is Cc1cc(C(=O)N(CC(=O)O)C2CCOCC2)c(C)n1-c1ccc(F)cc1. The Hall–Kier alpha value is -2.67. The number of hydrogen-bond acceptors (Lipinski definition) is 3. The molecule has 0 aliphatic carbocycles. The molecule has 6 nitrogen and oxygen atoms in total. The number of ether oxygens (including phenoxy) is 1. The van der Waals surface area contributed by atoms with E-state index in [0.717, 1.165) is 11.4 Å². The van der Waals surface area contributed by atoms with Crippen LogP contribution in [-0.2, 0) is 9.53 Å². The number of halogens is 1. The van der Waals surface area contributed by atoms with Crippen molar-refractivity contribution in [3.05, 3.63) is 53.1 Å². The molecule has 0 unspecified atom stereocenters. The van der Waals surface area contributed by atoms with Gasteiger partial charge in [0.05, 0.1) is 5.56 Å². The van der Waals surface area contributed by atoms with Crippen LogP contribution in [0.1, 0.15) is 34.6 Å². The standard InChI is InChI=1S/C20H23FN2O4/c1-13-11-18(14(2)23(13)17-5-3-15(21)4-6-17)20(26)22(12-19(24)25)16-7-9-27-10-8-16/h3-6,11,16H,7-10,12H2,1-2H3,(H,24,25). The quantitative estimate of drug-likeness (QED) is 0.873. The molecular weight excluding hydrogens is 351 g/mol. The normalized spacial score (nSPS) is 14.9. The van der Waals surface area contributed by atoms with Gasteiger partial charge < -0.3 is 19.3 Å². The number of benzene rings is 1. The summed E-state index contributed by atoms with van der Waals surface area (Å²) in [4.78, 5) is 26.0. The topological polar surface area (TPSA) is 71.8 Å². The fraction of sp³-hybridized carbons (Fsp3) is 0.400. The third-order valence-electron chi connectivity index (χ3n) is 4.94. The number of rotatable bonds is 5. The van der Waals surface area contributed by atoms with Crippen molar-refractivity contribution in [3.8, 4) is 5.69 Å². The predicted molar refractivity (Wildman–Crippen MR) is 97.7 cm³/mol. The lowest BCUT2D eigenvalue weighted by molar-refractivity contribution is -0.138. The number of aryl methyl sites for hydroxylation is 1. The number of carboxylic acids is 1. The average molecular weight is 374 g/mol. The number of carbonyl (C=O) groups is 2. The Balaban J connectivity index is 1.96. The van der Waals surface area contributed by atoms with Crippen molar-refractivity contribution in [2.24, 2.45) is 0 Å². The third-order valence-corrected chi connectivity index (χ3v) is 4.94. The molecule has 0 radical (unpaired) electrons. The minimum Gasteiger partial charge on any atom is -0.480 e. The Morgan fingerprint density at radius 3 is 2.44 bits per heavy atom. The molecule has 27 heavy (non-hydrogen) atoms. The fourth-order valence-corrected chi connectivity index (χ4v) is 3.63. The van der Waals surface area contributed by atoms with Gasteiger partial charge in [-0.1, -0.05) is 0 Å². The van der Waals surface area contributed by atoms with Gasteiger partial charge in [-0.3, -0.25) is 9.59 Å². The monoisotopic (exact) mass is 374 g/mol. The lowest BCUT2D eigenvalue weighted by Crippen LogP contribution is -2.46. The Kier molecular flexibility index (Phi) is 5.60. The highest BCUT2D eigenvalue weighted by Gasteiger charge is 2.30. The van der Waals surface area contributed by atoms with E-state index in [-0.39, 0.29) is 24.3 Å². The first-order valence-corrected chi connectivity index (χ1v) is 8.94. The van der Waals surface area contributed by atoms with Crippen molar-refractivity contribution < 1.29 is 23.8 Å². The minimum absolute atomic E-state index is 0.156. The largest absolute Gasteiger partial charge is 0.480 e. The molecule has 1 amide bonds. The number of hydrogen-bond donors (Lipinski definition) is 1. The number of aliphatic carboxylic acids is 1. The zero-order valence-electron chi connectivity index (χ0n) is 15.4. The molecule has 1 aromatic carbocycles. The zero-order chi connectivity index (χ0) is 19.6. The molecule has 2 heterocycles. The van der Waals surface area contributed by atoms with Crippen molar-refractivity contribution in [1.82, 2.24) is 9.47 Å². The summed E-state index contributed by atoms with van der Waals surface area (Å²) in [7, 11) is 0. The van der Waals surface area contributed by atoms with Crippen LogP contribution in [0.15, 0.2) is 30.3 Å². The molecule has 144 valence electrons. The highest BCUT2D eigenvalue weighted by atomic mass is 19.1. The highest BCUT2D eigenvalue weighted by Crippen LogP contribution is 2.24. The molecule has 0 saturated carbocycles. The number of carboxylic acid groups (broad SMARTS) is 1. The summed E-state index contributed by atoms with van der Waals surface area (Å²) in [5.74, 6) is -1.67. The van der Waals surface area contributed by atoms with E-state index < -0.39 is 5.97 Å². The summed E-state index contributed by atoms with van der Waals surface area (Å²) in [6.45, 7) is 4.37. The third kappa shape index (κ3) is 4.03. The molecule has 0 atom stereocenters. The van der Waals surface area contributed by atoms with Gasteiger partial charge in [0.15, 0.2) is 0 Å². The van der Waals surface area contributed by atoms with Gasteiger partial charge in [0.1, 0.15) is 12.4 Å². The first-order chi connectivity index (χ1) is 12.9. The maximum Gasteiger partial charge on any atom is 0.323 e. The smallest absolute Gasteiger partial charge is 0.323 e. The molecule has 1 aliphatic rings. The Morgan fingerprint density at radius 1 is 1.22 bits per heavy atom. The first kappa shape index (κ1) is 19.1. The molecule has 3 rings (SSSR count). The summed E-state index contributed by atoms with van der Waals surface area (Å²) < 4.78 is 20.4. The fourth-order valence-electron chi connectivity index (χ4n) is 3.63. The van der Waals surface area contributed by atoms with Crippen molar-refractivity contribution in [2.75, 3.05) is 19.8 Å². The van der Waals surface area contributed by atoms with Gasteiger partial charge in [-0.05, 0) is 57.0 Å². The van der Waals surface area contributed by atoms with Gasteiger partial charge in [-0.25, -0.2) is 4.39 Å². The Labute approximate surface area is 157 Å². The molecule has 1 saturated heterocycles. The minimum atomic E-state index is -1.04. The van der Waals surface area contributed by atoms with E-state index >= 15 is 0 Å². The summed E-state index contributed by atoms with van der Waals surface area (Å²) in [5, 5.41) is 9.28. The van der Waals surface area contributed by atoms with E-state index in [4.69, 9.17) is 4.74 Å². The Morgan fingerprint density at radius 2 is 1.85 bits per heavy atom. The molecule has 1 aliphatic heterocycles. The molecule has 2 aromatic rings. The lowest BCUT2D eigenvalue weighted by atomic mass is 10.1. The van der Waals surface area contributed by atoms with Gasteiger partial charge >= 0.3 is 5.97 Å². The molecule has 0 bridgehead atoms. The van der Waals surface area contributed by atoms with Gasteiger partial charge in [-0.15, -0.1) is 0 Å². The van der Waals surface area contributed by atoms with E-state index in [9.17, 15) is 19.1 Å². The number of aromatic nitrogens is 1. The predicted octanol–water partition coefficient (Wildman–Crippen LogP) is 2.94. The number of amides is 1. The van der Waals surface area contributed by atoms with Crippen molar-refractivity contribution in [2.45, 2.75) is 32.7 Å². The van der Waals surface area contributed by atoms with E-state index in [1.807, 2.05) is 18.4 Å². The van der Waals surface area contributed by atoms with Crippen LogP contribution in [-0.4, -0.2) is 52.3 Å². The Bertz CT molecular complexity index is 838. The van der Waals surface area contributed by atoms with Crippen LogP contribution in [0.2, 0.25) is 0 Å². The van der Waals surface area contributed by atoms with Crippen LogP contribution in [0.5, 0.6) is 0 Å².